The minimum absolute atomic E-state index is 0.0446. The molecule has 0 spiro atoms. The summed E-state index contributed by atoms with van der Waals surface area (Å²) < 4.78 is 18.4. The molecule has 0 aliphatic rings. The third-order valence-corrected chi connectivity index (χ3v) is 3.03. The van der Waals surface area contributed by atoms with Crippen molar-refractivity contribution in [3.8, 4) is 11.8 Å². The topological polar surface area (TPSA) is 62.1 Å². The zero-order valence-electron chi connectivity index (χ0n) is 13.4. The average molecular weight is 324 g/mol. The van der Waals surface area contributed by atoms with Crippen molar-refractivity contribution in [3.05, 3.63) is 65.5 Å². The second-order valence-electron chi connectivity index (χ2n) is 5.37. The van der Waals surface area contributed by atoms with Gasteiger partial charge in [0.25, 0.3) is 5.91 Å². The van der Waals surface area contributed by atoms with Gasteiger partial charge in [0.2, 0.25) is 0 Å². The van der Waals surface area contributed by atoms with E-state index in [-0.39, 0.29) is 11.7 Å². The summed E-state index contributed by atoms with van der Waals surface area (Å²) in [6, 6.07) is 14.3. The molecule has 0 unspecified atom stereocenters. The third kappa shape index (κ3) is 4.96. The molecule has 0 atom stereocenters. The lowest BCUT2D eigenvalue weighted by Gasteiger charge is -2.09. The highest BCUT2D eigenvalue weighted by Crippen LogP contribution is 2.17. The molecule has 0 saturated heterocycles. The molecular formula is C19H17FN2O2. The number of rotatable bonds is 5. The van der Waals surface area contributed by atoms with Gasteiger partial charge >= 0.3 is 0 Å². The number of carbonyl (C=O) groups excluding carboxylic acids is 1. The Hall–Kier alpha value is -3.13. The van der Waals surface area contributed by atoms with E-state index in [0.717, 1.165) is 5.75 Å². The second kappa shape index (κ2) is 7.93. The highest BCUT2D eigenvalue weighted by molar-refractivity contribution is 6.09. The van der Waals surface area contributed by atoms with Crippen LogP contribution in [0.1, 0.15) is 19.4 Å². The van der Waals surface area contributed by atoms with Gasteiger partial charge in [-0.1, -0.05) is 12.1 Å². The van der Waals surface area contributed by atoms with E-state index < -0.39 is 11.7 Å². The van der Waals surface area contributed by atoms with Gasteiger partial charge < -0.3 is 10.1 Å². The Labute approximate surface area is 140 Å². The monoisotopic (exact) mass is 324 g/mol. The maximum Gasteiger partial charge on any atom is 0.266 e. The van der Waals surface area contributed by atoms with Gasteiger partial charge in [0.05, 0.1) is 6.10 Å². The maximum atomic E-state index is 12.9. The standard InChI is InChI=1S/C19H17FN2O2/c1-13(2)24-18-9-3-14(4-10-18)11-15(12-21)19(23)22-17-7-5-16(20)6-8-17/h3-11,13H,1-2H3,(H,22,23)/b15-11+. The van der Waals surface area contributed by atoms with Crippen molar-refractivity contribution in [3.63, 3.8) is 0 Å². The molecule has 122 valence electrons. The Balaban J connectivity index is 2.11. The summed E-state index contributed by atoms with van der Waals surface area (Å²) in [4.78, 5) is 12.1. The van der Waals surface area contributed by atoms with Gasteiger partial charge in [-0.15, -0.1) is 0 Å². The van der Waals surface area contributed by atoms with Gasteiger partial charge in [-0.2, -0.15) is 5.26 Å². The lowest BCUT2D eigenvalue weighted by Crippen LogP contribution is -2.13. The van der Waals surface area contributed by atoms with Crippen molar-refractivity contribution in [1.82, 2.24) is 0 Å². The minimum atomic E-state index is -0.549. The fourth-order valence-electron chi connectivity index (χ4n) is 1.96. The van der Waals surface area contributed by atoms with Crippen molar-refractivity contribution in [2.75, 3.05) is 5.32 Å². The number of amides is 1. The van der Waals surface area contributed by atoms with Crippen LogP contribution >= 0.6 is 0 Å². The first-order valence-corrected chi connectivity index (χ1v) is 7.43. The predicted molar refractivity (Wildman–Crippen MR) is 90.8 cm³/mol. The lowest BCUT2D eigenvalue weighted by atomic mass is 10.1. The van der Waals surface area contributed by atoms with Gasteiger partial charge in [-0.05, 0) is 61.9 Å². The number of carbonyl (C=O) groups is 1. The van der Waals surface area contributed by atoms with Crippen LogP contribution in [0.25, 0.3) is 6.08 Å². The highest BCUT2D eigenvalue weighted by Gasteiger charge is 2.09. The molecule has 1 amide bonds. The Morgan fingerprint density at radius 3 is 2.33 bits per heavy atom. The fraction of sp³-hybridized carbons (Fsp3) is 0.158. The largest absolute Gasteiger partial charge is 0.491 e. The summed E-state index contributed by atoms with van der Waals surface area (Å²) in [5.41, 5.74) is 1.08. The Morgan fingerprint density at radius 1 is 1.17 bits per heavy atom. The Bertz CT molecular complexity index is 773. The van der Waals surface area contributed by atoms with Crippen molar-refractivity contribution >= 4 is 17.7 Å². The summed E-state index contributed by atoms with van der Waals surface area (Å²) >= 11 is 0. The molecule has 0 heterocycles. The molecule has 0 aliphatic heterocycles. The summed E-state index contributed by atoms with van der Waals surface area (Å²) in [7, 11) is 0. The van der Waals surface area contributed by atoms with Crippen molar-refractivity contribution in [2.45, 2.75) is 20.0 Å². The van der Waals surface area contributed by atoms with Gasteiger partial charge in [-0.25, -0.2) is 4.39 Å². The summed E-state index contributed by atoms with van der Waals surface area (Å²) in [6.07, 6.45) is 1.56. The summed E-state index contributed by atoms with van der Waals surface area (Å²) in [5.74, 6) is -0.226. The molecule has 0 aliphatic carbocycles. The van der Waals surface area contributed by atoms with Gasteiger partial charge in [-0.3, -0.25) is 4.79 Å². The number of hydrogen-bond donors (Lipinski definition) is 1. The molecule has 0 bridgehead atoms. The Morgan fingerprint density at radius 2 is 1.79 bits per heavy atom. The first kappa shape index (κ1) is 17.2. The number of nitrogens with one attached hydrogen (secondary N) is 1. The molecule has 2 aromatic rings. The van der Waals surface area contributed by atoms with Crippen LogP contribution in [0.4, 0.5) is 10.1 Å². The second-order valence-corrected chi connectivity index (χ2v) is 5.37. The molecule has 0 aromatic heterocycles. The number of benzene rings is 2. The van der Waals surface area contributed by atoms with Crippen LogP contribution in [-0.4, -0.2) is 12.0 Å². The SMILES string of the molecule is CC(C)Oc1ccc(/C=C(\C#N)C(=O)Nc2ccc(F)cc2)cc1. The fourth-order valence-corrected chi connectivity index (χ4v) is 1.96. The Kier molecular flexibility index (Phi) is 5.69. The number of nitriles is 1. The molecule has 24 heavy (non-hydrogen) atoms. The molecular weight excluding hydrogens is 307 g/mol. The first-order valence-electron chi connectivity index (χ1n) is 7.43. The van der Waals surface area contributed by atoms with Crippen LogP contribution in [0.15, 0.2) is 54.1 Å². The zero-order valence-corrected chi connectivity index (χ0v) is 13.4. The summed E-state index contributed by atoms with van der Waals surface area (Å²) in [5, 5.41) is 11.7. The van der Waals surface area contributed by atoms with Crippen LogP contribution in [-0.2, 0) is 4.79 Å². The van der Waals surface area contributed by atoms with Crippen molar-refractivity contribution < 1.29 is 13.9 Å². The van der Waals surface area contributed by atoms with E-state index in [0.29, 0.717) is 11.3 Å². The van der Waals surface area contributed by atoms with E-state index in [9.17, 15) is 14.4 Å². The smallest absolute Gasteiger partial charge is 0.266 e. The molecule has 0 saturated carbocycles. The molecule has 4 nitrogen and oxygen atoms in total. The van der Waals surface area contributed by atoms with Crippen LogP contribution in [0.2, 0.25) is 0 Å². The number of hydrogen-bond acceptors (Lipinski definition) is 3. The number of ether oxygens (including phenoxy) is 1. The van der Waals surface area contributed by atoms with Crippen molar-refractivity contribution in [2.24, 2.45) is 0 Å². The number of nitrogens with zero attached hydrogens (tertiary/aromatic N) is 1. The molecule has 1 N–H and O–H groups in total. The van der Waals surface area contributed by atoms with E-state index in [4.69, 9.17) is 4.74 Å². The average Bonchev–Trinajstić information content (AvgIpc) is 2.55. The van der Waals surface area contributed by atoms with Crippen LogP contribution < -0.4 is 10.1 Å². The van der Waals surface area contributed by atoms with E-state index in [2.05, 4.69) is 5.32 Å². The van der Waals surface area contributed by atoms with E-state index in [1.807, 2.05) is 19.9 Å². The number of anilines is 1. The van der Waals surface area contributed by atoms with Crippen LogP contribution in [0.5, 0.6) is 5.75 Å². The number of halogens is 1. The quantitative estimate of drug-likeness (QED) is 0.663. The zero-order chi connectivity index (χ0) is 17.5. The van der Waals surface area contributed by atoms with E-state index >= 15 is 0 Å². The van der Waals surface area contributed by atoms with Crippen molar-refractivity contribution in [1.29, 1.82) is 5.26 Å². The van der Waals surface area contributed by atoms with Gasteiger partial charge in [0.15, 0.2) is 0 Å². The highest BCUT2D eigenvalue weighted by atomic mass is 19.1. The van der Waals surface area contributed by atoms with Crippen LogP contribution in [0.3, 0.4) is 0 Å². The minimum Gasteiger partial charge on any atom is -0.491 e. The normalized spacial score (nSPS) is 11.0. The van der Waals surface area contributed by atoms with Gasteiger partial charge in [0, 0.05) is 5.69 Å². The predicted octanol–water partition coefficient (Wildman–Crippen LogP) is 4.16. The molecule has 0 radical (unpaired) electrons. The third-order valence-electron chi connectivity index (χ3n) is 3.03. The van der Waals surface area contributed by atoms with Crippen LogP contribution in [0, 0.1) is 17.1 Å². The lowest BCUT2D eigenvalue weighted by molar-refractivity contribution is -0.112. The van der Waals surface area contributed by atoms with E-state index in [1.165, 1.54) is 30.3 Å². The first-order chi connectivity index (χ1) is 11.5. The molecule has 5 heteroatoms. The van der Waals surface area contributed by atoms with E-state index in [1.54, 1.807) is 24.3 Å². The molecule has 2 aromatic carbocycles. The molecule has 0 fully saturated rings. The van der Waals surface area contributed by atoms with Gasteiger partial charge in [0.1, 0.15) is 23.2 Å². The maximum absolute atomic E-state index is 12.9. The molecule has 2 rings (SSSR count). The summed E-state index contributed by atoms with van der Waals surface area (Å²) in [6.45, 7) is 3.86.